The summed E-state index contributed by atoms with van der Waals surface area (Å²) in [6, 6.07) is 11.9. The SMILES string of the molecule is O=C(Cc1ccccc1F)ON1C(=O)c2ccccc2C1=O. The van der Waals surface area contributed by atoms with Gasteiger partial charge in [0, 0.05) is 0 Å². The number of nitrogens with zero attached hydrogens (tertiary/aromatic N) is 1. The molecular weight excluding hydrogens is 289 g/mol. The second-order valence-corrected chi connectivity index (χ2v) is 4.68. The van der Waals surface area contributed by atoms with E-state index in [2.05, 4.69) is 0 Å². The minimum atomic E-state index is -0.889. The molecule has 1 aliphatic rings. The Kier molecular flexibility index (Phi) is 3.42. The van der Waals surface area contributed by atoms with Crippen molar-refractivity contribution in [3.05, 3.63) is 71.0 Å². The predicted octanol–water partition coefficient (Wildman–Crippen LogP) is 2.12. The molecular formula is C16H10FNO4. The second-order valence-electron chi connectivity index (χ2n) is 4.68. The van der Waals surface area contributed by atoms with Crippen LogP contribution < -0.4 is 0 Å². The van der Waals surface area contributed by atoms with E-state index in [-0.39, 0.29) is 23.1 Å². The third-order valence-electron chi connectivity index (χ3n) is 3.24. The summed E-state index contributed by atoms with van der Waals surface area (Å²) in [6.07, 6.45) is -0.375. The average Bonchev–Trinajstić information content (AvgIpc) is 2.75. The molecule has 22 heavy (non-hydrogen) atoms. The highest BCUT2D eigenvalue weighted by Crippen LogP contribution is 2.23. The summed E-state index contributed by atoms with van der Waals surface area (Å²) in [5, 5.41) is 0.411. The van der Waals surface area contributed by atoms with Gasteiger partial charge in [0.1, 0.15) is 5.82 Å². The van der Waals surface area contributed by atoms with Crippen LogP contribution in [0, 0.1) is 5.82 Å². The molecule has 2 aromatic rings. The summed E-state index contributed by atoms with van der Waals surface area (Å²) >= 11 is 0. The van der Waals surface area contributed by atoms with E-state index < -0.39 is 23.6 Å². The number of amides is 2. The molecule has 0 spiro atoms. The van der Waals surface area contributed by atoms with E-state index >= 15 is 0 Å². The van der Waals surface area contributed by atoms with Crippen molar-refractivity contribution in [1.29, 1.82) is 0 Å². The van der Waals surface area contributed by atoms with Gasteiger partial charge in [0.05, 0.1) is 17.5 Å². The van der Waals surface area contributed by atoms with Crippen molar-refractivity contribution in [3.8, 4) is 0 Å². The van der Waals surface area contributed by atoms with Gasteiger partial charge in [-0.3, -0.25) is 9.59 Å². The first-order valence-electron chi connectivity index (χ1n) is 6.50. The zero-order chi connectivity index (χ0) is 15.7. The number of fused-ring (bicyclic) bond motifs is 1. The van der Waals surface area contributed by atoms with Crippen molar-refractivity contribution in [2.75, 3.05) is 0 Å². The largest absolute Gasteiger partial charge is 0.337 e. The highest BCUT2D eigenvalue weighted by molar-refractivity contribution is 6.20. The molecule has 0 unspecified atom stereocenters. The van der Waals surface area contributed by atoms with Gasteiger partial charge in [0.2, 0.25) is 0 Å². The number of benzene rings is 2. The van der Waals surface area contributed by atoms with E-state index in [0.717, 1.165) is 0 Å². The molecule has 5 nitrogen and oxygen atoms in total. The Bertz CT molecular complexity index is 752. The smallest absolute Gasteiger partial charge is 0.329 e. The normalized spacial score (nSPS) is 13.2. The molecule has 0 bridgehead atoms. The van der Waals surface area contributed by atoms with Crippen molar-refractivity contribution in [2.45, 2.75) is 6.42 Å². The van der Waals surface area contributed by atoms with E-state index in [1.165, 1.54) is 30.3 Å². The Morgan fingerprint density at radius 3 is 2.09 bits per heavy atom. The lowest BCUT2D eigenvalue weighted by Gasteiger charge is -2.12. The maximum absolute atomic E-state index is 13.5. The summed E-state index contributed by atoms with van der Waals surface area (Å²) in [7, 11) is 0. The number of carbonyl (C=O) groups is 3. The summed E-state index contributed by atoms with van der Waals surface area (Å²) in [6.45, 7) is 0. The lowest BCUT2D eigenvalue weighted by Crippen LogP contribution is -2.33. The number of halogens is 1. The lowest BCUT2D eigenvalue weighted by atomic mass is 10.1. The van der Waals surface area contributed by atoms with Crippen molar-refractivity contribution in [2.24, 2.45) is 0 Å². The molecule has 0 fully saturated rings. The number of rotatable bonds is 3. The quantitative estimate of drug-likeness (QED) is 0.814. The Labute approximate surface area is 124 Å². The van der Waals surface area contributed by atoms with Crippen LogP contribution in [0.2, 0.25) is 0 Å². The Hall–Kier alpha value is -3.02. The molecule has 2 amide bonds. The first-order valence-corrected chi connectivity index (χ1v) is 6.50. The molecule has 0 saturated heterocycles. The van der Waals surface area contributed by atoms with Crippen LogP contribution in [0.5, 0.6) is 0 Å². The number of hydrogen-bond donors (Lipinski definition) is 0. The standard InChI is InChI=1S/C16H10FNO4/c17-13-8-4-1-5-10(13)9-14(19)22-18-15(20)11-6-2-3-7-12(11)16(18)21/h1-8H,9H2. The van der Waals surface area contributed by atoms with Gasteiger partial charge in [-0.15, -0.1) is 0 Å². The minimum Gasteiger partial charge on any atom is -0.329 e. The van der Waals surface area contributed by atoms with Gasteiger partial charge < -0.3 is 4.84 Å². The molecule has 1 heterocycles. The van der Waals surface area contributed by atoms with E-state index in [9.17, 15) is 18.8 Å². The van der Waals surface area contributed by atoms with Crippen molar-refractivity contribution >= 4 is 17.8 Å². The molecule has 0 aliphatic carbocycles. The first kappa shape index (κ1) is 13.9. The van der Waals surface area contributed by atoms with E-state index in [1.807, 2.05) is 0 Å². The maximum atomic E-state index is 13.5. The second kappa shape index (κ2) is 5.40. The number of imide groups is 1. The maximum Gasteiger partial charge on any atom is 0.337 e. The minimum absolute atomic E-state index is 0.129. The molecule has 0 atom stereocenters. The van der Waals surface area contributed by atoms with E-state index in [1.54, 1.807) is 18.2 Å². The lowest BCUT2D eigenvalue weighted by molar-refractivity contribution is -0.167. The van der Waals surface area contributed by atoms with Crippen LogP contribution in [0.4, 0.5) is 4.39 Å². The number of carbonyl (C=O) groups excluding carboxylic acids is 3. The summed E-state index contributed by atoms with van der Waals surface area (Å²) in [5.41, 5.74) is 0.474. The number of hydrogen-bond acceptors (Lipinski definition) is 4. The highest BCUT2D eigenvalue weighted by atomic mass is 19.1. The highest BCUT2D eigenvalue weighted by Gasteiger charge is 2.38. The molecule has 6 heteroatoms. The van der Waals surface area contributed by atoms with E-state index in [4.69, 9.17) is 4.84 Å². The topological polar surface area (TPSA) is 63.7 Å². The van der Waals surface area contributed by atoms with Gasteiger partial charge in [-0.05, 0) is 23.8 Å². The van der Waals surface area contributed by atoms with Crippen LogP contribution >= 0.6 is 0 Å². The van der Waals surface area contributed by atoms with Crippen LogP contribution in [0.1, 0.15) is 26.3 Å². The van der Waals surface area contributed by atoms with Crippen molar-refractivity contribution in [1.82, 2.24) is 5.06 Å². The molecule has 0 radical (unpaired) electrons. The predicted molar refractivity (Wildman–Crippen MR) is 73.1 cm³/mol. The van der Waals surface area contributed by atoms with Crippen molar-refractivity contribution in [3.63, 3.8) is 0 Å². The summed E-state index contributed by atoms with van der Waals surface area (Å²) in [5.74, 6) is -2.86. The summed E-state index contributed by atoms with van der Waals surface area (Å²) < 4.78 is 13.5. The number of hydroxylamine groups is 2. The zero-order valence-electron chi connectivity index (χ0n) is 11.3. The fourth-order valence-electron chi connectivity index (χ4n) is 2.18. The summed E-state index contributed by atoms with van der Waals surface area (Å²) in [4.78, 5) is 40.7. The van der Waals surface area contributed by atoms with E-state index in [0.29, 0.717) is 5.06 Å². The van der Waals surface area contributed by atoms with Crippen LogP contribution in [0.15, 0.2) is 48.5 Å². The fourth-order valence-corrected chi connectivity index (χ4v) is 2.18. The Balaban J connectivity index is 1.75. The third-order valence-corrected chi connectivity index (χ3v) is 3.24. The van der Waals surface area contributed by atoms with Crippen LogP contribution in [0.25, 0.3) is 0 Å². The van der Waals surface area contributed by atoms with Gasteiger partial charge >= 0.3 is 5.97 Å². The molecule has 0 saturated carbocycles. The molecule has 110 valence electrons. The van der Waals surface area contributed by atoms with Gasteiger partial charge in [0.15, 0.2) is 0 Å². The van der Waals surface area contributed by atoms with Gasteiger partial charge in [-0.25, -0.2) is 9.18 Å². The van der Waals surface area contributed by atoms with Crippen LogP contribution in [0.3, 0.4) is 0 Å². The average molecular weight is 299 g/mol. The Morgan fingerprint density at radius 1 is 0.955 bits per heavy atom. The van der Waals surface area contributed by atoms with Gasteiger partial charge in [-0.1, -0.05) is 35.4 Å². The molecule has 0 aromatic heterocycles. The Morgan fingerprint density at radius 2 is 1.50 bits per heavy atom. The molecule has 2 aromatic carbocycles. The van der Waals surface area contributed by atoms with Gasteiger partial charge in [0.25, 0.3) is 11.8 Å². The molecule has 0 N–H and O–H groups in total. The molecule has 3 rings (SSSR count). The van der Waals surface area contributed by atoms with Crippen LogP contribution in [-0.4, -0.2) is 22.8 Å². The third kappa shape index (κ3) is 2.35. The zero-order valence-corrected chi connectivity index (χ0v) is 11.3. The molecule has 1 aliphatic heterocycles. The fraction of sp³-hybridized carbons (Fsp3) is 0.0625. The monoisotopic (exact) mass is 299 g/mol. The van der Waals surface area contributed by atoms with Crippen LogP contribution in [-0.2, 0) is 16.1 Å². The van der Waals surface area contributed by atoms with Crippen molar-refractivity contribution < 1.29 is 23.6 Å². The first-order chi connectivity index (χ1) is 10.6. The van der Waals surface area contributed by atoms with Gasteiger partial charge in [-0.2, -0.15) is 0 Å².